The van der Waals surface area contributed by atoms with Crippen LogP contribution in [0.5, 0.6) is 0 Å². The van der Waals surface area contributed by atoms with Crippen molar-refractivity contribution in [2.24, 2.45) is 11.7 Å². The number of amides is 1. The van der Waals surface area contributed by atoms with Gasteiger partial charge in [-0.2, -0.15) is 0 Å². The van der Waals surface area contributed by atoms with Crippen molar-refractivity contribution in [3.8, 4) is 0 Å². The van der Waals surface area contributed by atoms with Crippen molar-refractivity contribution in [1.82, 2.24) is 9.80 Å². The van der Waals surface area contributed by atoms with E-state index >= 15 is 0 Å². The SMILES string of the molecule is CC(C)C[C@H](C(=O)CCc1ccccc1)N1CCC(CCc2ccccc2)N2C[C@H](N)C[C@H]2C1=O. The molecule has 2 fully saturated rings. The van der Waals surface area contributed by atoms with E-state index in [9.17, 15) is 9.59 Å². The highest BCUT2D eigenvalue weighted by Gasteiger charge is 2.45. The Morgan fingerprint density at radius 3 is 2.26 bits per heavy atom. The van der Waals surface area contributed by atoms with Crippen LogP contribution in [0, 0.1) is 5.92 Å². The molecule has 4 rings (SSSR count). The second-order valence-corrected chi connectivity index (χ2v) is 10.8. The van der Waals surface area contributed by atoms with Crippen molar-refractivity contribution < 1.29 is 9.59 Å². The minimum Gasteiger partial charge on any atom is -0.331 e. The summed E-state index contributed by atoms with van der Waals surface area (Å²) < 4.78 is 0. The summed E-state index contributed by atoms with van der Waals surface area (Å²) in [6, 6.07) is 20.5. The molecule has 2 aromatic rings. The van der Waals surface area contributed by atoms with Gasteiger partial charge in [0.1, 0.15) is 0 Å². The molecule has 2 heterocycles. The number of carbonyl (C=O) groups excluding carboxylic acids is 2. The molecule has 4 atom stereocenters. The van der Waals surface area contributed by atoms with Crippen LogP contribution in [0.4, 0.5) is 0 Å². The van der Waals surface area contributed by atoms with Gasteiger partial charge >= 0.3 is 0 Å². The molecule has 5 nitrogen and oxygen atoms in total. The lowest BCUT2D eigenvalue weighted by Gasteiger charge is -2.33. The van der Waals surface area contributed by atoms with Gasteiger partial charge in [0, 0.05) is 31.6 Å². The molecule has 0 radical (unpaired) electrons. The maximum absolute atomic E-state index is 13.9. The van der Waals surface area contributed by atoms with Crippen LogP contribution in [0.3, 0.4) is 0 Å². The maximum atomic E-state index is 13.9. The summed E-state index contributed by atoms with van der Waals surface area (Å²) in [6.07, 6.45) is 5.47. The minimum absolute atomic E-state index is 0.0143. The average molecular weight is 476 g/mol. The molecule has 2 aliphatic rings. The van der Waals surface area contributed by atoms with Gasteiger partial charge in [-0.05, 0) is 55.6 Å². The van der Waals surface area contributed by atoms with E-state index in [-0.39, 0.29) is 29.8 Å². The zero-order valence-corrected chi connectivity index (χ0v) is 21.3. The zero-order chi connectivity index (χ0) is 24.8. The number of carbonyl (C=O) groups is 2. The van der Waals surface area contributed by atoms with Crippen LogP contribution >= 0.6 is 0 Å². The highest BCUT2D eigenvalue weighted by molar-refractivity contribution is 5.91. The molecule has 5 heteroatoms. The highest BCUT2D eigenvalue weighted by atomic mass is 16.2. The van der Waals surface area contributed by atoms with E-state index in [1.165, 1.54) is 11.1 Å². The van der Waals surface area contributed by atoms with Gasteiger partial charge in [0.15, 0.2) is 5.78 Å². The molecule has 2 aliphatic heterocycles. The Labute approximate surface area is 210 Å². The Hall–Kier alpha value is -2.50. The van der Waals surface area contributed by atoms with Crippen molar-refractivity contribution in [2.45, 2.75) is 83.0 Å². The topological polar surface area (TPSA) is 66.6 Å². The lowest BCUT2D eigenvalue weighted by atomic mass is 9.94. The second kappa shape index (κ2) is 12.0. The normalized spacial score (nSPS) is 23.8. The summed E-state index contributed by atoms with van der Waals surface area (Å²) in [6.45, 7) is 5.69. The quantitative estimate of drug-likeness (QED) is 0.558. The highest BCUT2D eigenvalue weighted by Crippen LogP contribution is 2.31. The molecule has 1 unspecified atom stereocenters. The Balaban J connectivity index is 1.50. The predicted molar refractivity (Wildman–Crippen MR) is 141 cm³/mol. The van der Waals surface area contributed by atoms with E-state index in [4.69, 9.17) is 5.73 Å². The maximum Gasteiger partial charge on any atom is 0.240 e. The van der Waals surface area contributed by atoms with Crippen LogP contribution in [0.2, 0.25) is 0 Å². The van der Waals surface area contributed by atoms with Gasteiger partial charge in [0.05, 0.1) is 12.1 Å². The number of aryl methyl sites for hydroxylation is 2. The summed E-state index contributed by atoms with van der Waals surface area (Å²) >= 11 is 0. The molecule has 0 bridgehead atoms. The van der Waals surface area contributed by atoms with Crippen LogP contribution in [0.1, 0.15) is 57.1 Å². The second-order valence-electron chi connectivity index (χ2n) is 10.8. The Morgan fingerprint density at radius 2 is 1.63 bits per heavy atom. The van der Waals surface area contributed by atoms with Crippen molar-refractivity contribution in [2.75, 3.05) is 13.1 Å². The summed E-state index contributed by atoms with van der Waals surface area (Å²) in [5.74, 6) is 0.638. The first-order chi connectivity index (χ1) is 16.9. The van der Waals surface area contributed by atoms with Crippen LogP contribution in [-0.4, -0.2) is 58.7 Å². The first-order valence-corrected chi connectivity index (χ1v) is 13.3. The largest absolute Gasteiger partial charge is 0.331 e. The molecule has 0 aromatic heterocycles. The third-order valence-corrected chi connectivity index (χ3v) is 7.67. The number of hydrogen-bond acceptors (Lipinski definition) is 4. The number of fused-ring (bicyclic) bond motifs is 1. The van der Waals surface area contributed by atoms with E-state index in [1.54, 1.807) is 0 Å². The first kappa shape index (κ1) is 25.6. The molecule has 35 heavy (non-hydrogen) atoms. The first-order valence-electron chi connectivity index (χ1n) is 13.3. The average Bonchev–Trinajstić information content (AvgIpc) is 3.20. The molecular weight excluding hydrogens is 434 g/mol. The third kappa shape index (κ3) is 6.59. The van der Waals surface area contributed by atoms with Crippen molar-refractivity contribution in [3.05, 3.63) is 71.8 Å². The van der Waals surface area contributed by atoms with E-state index < -0.39 is 0 Å². The predicted octanol–water partition coefficient (Wildman–Crippen LogP) is 4.24. The van der Waals surface area contributed by atoms with Crippen molar-refractivity contribution >= 4 is 11.7 Å². The molecular formula is C30H41N3O2. The molecule has 2 saturated heterocycles. The van der Waals surface area contributed by atoms with E-state index in [1.807, 2.05) is 29.2 Å². The lowest BCUT2D eigenvalue weighted by Crippen LogP contribution is -2.51. The van der Waals surface area contributed by atoms with Gasteiger partial charge in [0.2, 0.25) is 5.91 Å². The monoisotopic (exact) mass is 475 g/mol. The molecule has 2 N–H and O–H groups in total. The van der Waals surface area contributed by atoms with Gasteiger partial charge in [0.25, 0.3) is 0 Å². The summed E-state index contributed by atoms with van der Waals surface area (Å²) in [5.41, 5.74) is 8.87. The Morgan fingerprint density at radius 1 is 1.00 bits per heavy atom. The van der Waals surface area contributed by atoms with Crippen LogP contribution in [0.15, 0.2) is 60.7 Å². The number of nitrogens with zero attached hydrogens (tertiary/aromatic N) is 2. The van der Waals surface area contributed by atoms with Crippen molar-refractivity contribution in [3.63, 3.8) is 0 Å². The summed E-state index contributed by atoms with van der Waals surface area (Å²) in [7, 11) is 0. The van der Waals surface area contributed by atoms with E-state index in [2.05, 4.69) is 55.1 Å². The van der Waals surface area contributed by atoms with Crippen molar-refractivity contribution in [1.29, 1.82) is 0 Å². The fraction of sp³-hybridized carbons (Fsp3) is 0.533. The summed E-state index contributed by atoms with van der Waals surface area (Å²) in [4.78, 5) is 31.7. The molecule has 0 spiro atoms. The number of rotatable bonds is 10. The van der Waals surface area contributed by atoms with Crippen LogP contribution < -0.4 is 5.73 Å². The Bertz CT molecular complexity index is 962. The standard InChI is InChI=1S/C30H41N3O2/c1-22(2)19-27(29(34)16-14-24-11-7-4-8-12-24)32-18-17-26(15-13-23-9-5-3-6-10-23)33-21-25(31)20-28(33)30(32)35/h3-12,22,25-28H,13-21,31H2,1-2H3/t25-,26?,27-,28+/m1/s1. The number of hydrogen-bond donors (Lipinski definition) is 1. The van der Waals surface area contributed by atoms with Gasteiger partial charge in [-0.25, -0.2) is 0 Å². The Kier molecular flexibility index (Phi) is 8.74. The fourth-order valence-electron chi connectivity index (χ4n) is 5.85. The van der Waals surface area contributed by atoms with Gasteiger partial charge < -0.3 is 10.6 Å². The number of ketones is 1. The van der Waals surface area contributed by atoms with Crippen LogP contribution in [0.25, 0.3) is 0 Å². The minimum atomic E-state index is -0.349. The number of Topliss-reactive ketones (excluding diaryl/α,β-unsaturated/α-hetero) is 1. The smallest absolute Gasteiger partial charge is 0.240 e. The molecule has 188 valence electrons. The molecule has 2 aromatic carbocycles. The van der Waals surface area contributed by atoms with E-state index in [0.29, 0.717) is 37.8 Å². The fourth-order valence-corrected chi connectivity index (χ4v) is 5.85. The molecule has 1 amide bonds. The summed E-state index contributed by atoms with van der Waals surface area (Å²) in [5, 5.41) is 0. The molecule has 0 saturated carbocycles. The zero-order valence-electron chi connectivity index (χ0n) is 21.3. The lowest BCUT2D eigenvalue weighted by molar-refractivity contribution is -0.142. The van der Waals surface area contributed by atoms with Crippen LogP contribution in [-0.2, 0) is 22.4 Å². The van der Waals surface area contributed by atoms with Gasteiger partial charge in [-0.3, -0.25) is 14.5 Å². The number of benzene rings is 2. The van der Waals surface area contributed by atoms with Gasteiger partial charge in [-0.15, -0.1) is 0 Å². The van der Waals surface area contributed by atoms with E-state index in [0.717, 1.165) is 32.2 Å². The third-order valence-electron chi connectivity index (χ3n) is 7.67. The molecule has 0 aliphatic carbocycles. The van der Waals surface area contributed by atoms with Gasteiger partial charge in [-0.1, -0.05) is 74.5 Å². The number of nitrogens with two attached hydrogens (primary N) is 1.